The Morgan fingerprint density at radius 3 is 2.74 bits per heavy atom. The Hall–Kier alpha value is -2.37. The highest BCUT2D eigenvalue weighted by atomic mass is 16.1. The number of rotatable bonds is 5. The van der Waals surface area contributed by atoms with Gasteiger partial charge in [-0.1, -0.05) is 19.4 Å². The fourth-order valence-electron chi connectivity index (χ4n) is 2.85. The number of ketones is 1. The second kappa shape index (κ2) is 6.40. The molecule has 0 fully saturated rings. The lowest BCUT2D eigenvalue weighted by Crippen LogP contribution is -2.53. The normalized spacial score (nSPS) is 17.3. The maximum atomic E-state index is 12.1. The number of fused-ring (bicyclic) bond motifs is 1. The van der Waals surface area contributed by atoms with E-state index in [4.69, 9.17) is 0 Å². The average molecular weight is 313 g/mol. The van der Waals surface area contributed by atoms with Crippen LogP contribution in [0.1, 0.15) is 39.2 Å². The zero-order valence-electron chi connectivity index (χ0n) is 14.0. The SMILES string of the molecule is CCCCc1ccc(N2CC(=O)C=C3C(C)=NN(CC)N32)nc1. The first-order valence-corrected chi connectivity index (χ1v) is 8.24. The van der Waals surface area contributed by atoms with Crippen LogP contribution in [0.5, 0.6) is 0 Å². The molecule has 1 aromatic rings. The molecule has 0 amide bonds. The van der Waals surface area contributed by atoms with E-state index in [1.807, 2.05) is 41.4 Å². The molecule has 122 valence electrons. The second-order valence-corrected chi connectivity index (χ2v) is 5.85. The molecular formula is C17H23N5O. The fourth-order valence-corrected chi connectivity index (χ4v) is 2.85. The van der Waals surface area contributed by atoms with E-state index in [2.05, 4.69) is 23.1 Å². The molecule has 2 aliphatic rings. The van der Waals surface area contributed by atoms with Gasteiger partial charge in [0.15, 0.2) is 5.78 Å². The molecule has 0 atom stereocenters. The molecule has 0 spiro atoms. The molecule has 2 aliphatic heterocycles. The number of aryl methyl sites for hydroxylation is 1. The Bertz CT molecular complexity index is 649. The van der Waals surface area contributed by atoms with Crippen molar-refractivity contribution in [1.82, 2.24) is 15.2 Å². The van der Waals surface area contributed by atoms with E-state index in [9.17, 15) is 4.79 Å². The van der Waals surface area contributed by atoms with Crippen LogP contribution < -0.4 is 5.01 Å². The van der Waals surface area contributed by atoms with Crippen LogP contribution in [0.15, 0.2) is 35.2 Å². The topological polar surface area (TPSA) is 52.0 Å². The van der Waals surface area contributed by atoms with Gasteiger partial charge in [0.1, 0.15) is 18.1 Å². The molecular weight excluding hydrogens is 290 g/mol. The molecule has 6 nitrogen and oxygen atoms in total. The van der Waals surface area contributed by atoms with Gasteiger partial charge in [0.2, 0.25) is 0 Å². The summed E-state index contributed by atoms with van der Waals surface area (Å²) in [5.74, 6) is 0.841. The minimum atomic E-state index is 0.0700. The Balaban J connectivity index is 1.87. The van der Waals surface area contributed by atoms with Crippen LogP contribution in [-0.4, -0.2) is 39.8 Å². The van der Waals surface area contributed by atoms with Gasteiger partial charge >= 0.3 is 0 Å². The largest absolute Gasteiger partial charge is 0.293 e. The summed E-state index contributed by atoms with van der Waals surface area (Å²) in [5.41, 5.74) is 2.92. The third-order valence-electron chi connectivity index (χ3n) is 4.08. The summed E-state index contributed by atoms with van der Waals surface area (Å²) in [6.07, 6.45) is 6.96. The van der Waals surface area contributed by atoms with Crippen molar-refractivity contribution in [3.05, 3.63) is 35.7 Å². The lowest BCUT2D eigenvalue weighted by Gasteiger charge is -2.40. The van der Waals surface area contributed by atoms with Gasteiger partial charge in [-0.25, -0.2) is 9.99 Å². The molecule has 0 aliphatic carbocycles. The minimum Gasteiger partial charge on any atom is -0.293 e. The standard InChI is InChI=1S/C17H23N5O/c1-4-6-7-14-8-9-17(18-11-14)20-12-15(23)10-16-13(3)19-21(5-2)22(16)20/h8-11H,4-7,12H2,1-3H3. The number of hydrogen-bond donors (Lipinski definition) is 0. The monoisotopic (exact) mass is 313 g/mol. The predicted molar refractivity (Wildman–Crippen MR) is 90.6 cm³/mol. The van der Waals surface area contributed by atoms with Crippen molar-refractivity contribution < 1.29 is 4.79 Å². The van der Waals surface area contributed by atoms with E-state index in [0.717, 1.165) is 30.2 Å². The zero-order valence-corrected chi connectivity index (χ0v) is 14.0. The van der Waals surface area contributed by atoms with Crippen LogP contribution in [0.4, 0.5) is 5.82 Å². The maximum Gasteiger partial charge on any atom is 0.179 e. The smallest absolute Gasteiger partial charge is 0.179 e. The molecule has 0 unspecified atom stereocenters. The number of aromatic nitrogens is 1. The highest BCUT2D eigenvalue weighted by Crippen LogP contribution is 2.28. The van der Waals surface area contributed by atoms with Crippen LogP contribution in [0, 0.1) is 0 Å². The van der Waals surface area contributed by atoms with Gasteiger partial charge < -0.3 is 0 Å². The summed E-state index contributed by atoms with van der Waals surface area (Å²) < 4.78 is 0. The lowest BCUT2D eigenvalue weighted by molar-refractivity contribution is -0.116. The molecule has 0 saturated heterocycles. The quantitative estimate of drug-likeness (QED) is 0.836. The molecule has 23 heavy (non-hydrogen) atoms. The van der Waals surface area contributed by atoms with E-state index < -0.39 is 0 Å². The molecule has 0 N–H and O–H groups in total. The summed E-state index contributed by atoms with van der Waals surface area (Å²) in [6, 6.07) is 4.09. The fraction of sp³-hybridized carbons (Fsp3) is 0.471. The summed E-state index contributed by atoms with van der Waals surface area (Å²) in [7, 11) is 0. The molecule has 0 radical (unpaired) electrons. The third-order valence-corrected chi connectivity index (χ3v) is 4.08. The maximum absolute atomic E-state index is 12.1. The van der Waals surface area contributed by atoms with E-state index in [0.29, 0.717) is 0 Å². The van der Waals surface area contributed by atoms with Gasteiger partial charge in [0.05, 0.1) is 12.3 Å². The van der Waals surface area contributed by atoms with Crippen molar-refractivity contribution in [1.29, 1.82) is 0 Å². The summed E-state index contributed by atoms with van der Waals surface area (Å²) >= 11 is 0. The van der Waals surface area contributed by atoms with Crippen LogP contribution in [-0.2, 0) is 11.2 Å². The number of anilines is 1. The van der Waals surface area contributed by atoms with Gasteiger partial charge in [-0.05, 0) is 38.3 Å². The number of hydrazine groups is 2. The van der Waals surface area contributed by atoms with Gasteiger partial charge in [-0.3, -0.25) is 4.79 Å². The number of carbonyl (C=O) groups is 1. The van der Waals surface area contributed by atoms with Crippen LogP contribution >= 0.6 is 0 Å². The first-order chi connectivity index (χ1) is 11.1. The summed E-state index contributed by atoms with van der Waals surface area (Å²) in [4.78, 5) is 16.7. The van der Waals surface area contributed by atoms with E-state index in [1.54, 1.807) is 6.08 Å². The van der Waals surface area contributed by atoms with Gasteiger partial charge in [-0.15, -0.1) is 0 Å². The van der Waals surface area contributed by atoms with Crippen molar-refractivity contribution in [3.8, 4) is 0 Å². The summed E-state index contributed by atoms with van der Waals surface area (Å²) in [5, 5.41) is 10.2. The number of nitrogens with zero attached hydrogens (tertiary/aromatic N) is 5. The Labute approximate surface area is 137 Å². The zero-order chi connectivity index (χ0) is 16.4. The Kier molecular flexibility index (Phi) is 4.32. The Morgan fingerprint density at radius 1 is 1.26 bits per heavy atom. The van der Waals surface area contributed by atoms with Gasteiger partial charge in [0.25, 0.3) is 0 Å². The number of carbonyl (C=O) groups excluding carboxylic acids is 1. The Morgan fingerprint density at radius 2 is 2.09 bits per heavy atom. The molecule has 0 bridgehead atoms. The number of hydrazone groups is 1. The highest BCUT2D eigenvalue weighted by molar-refractivity contribution is 6.07. The second-order valence-electron chi connectivity index (χ2n) is 5.85. The van der Waals surface area contributed by atoms with Crippen molar-refractivity contribution in [2.24, 2.45) is 5.10 Å². The highest BCUT2D eigenvalue weighted by Gasteiger charge is 2.36. The first-order valence-electron chi connectivity index (χ1n) is 8.24. The summed E-state index contributed by atoms with van der Waals surface area (Å²) in [6.45, 7) is 7.16. The van der Waals surface area contributed by atoms with Gasteiger partial charge in [0, 0.05) is 12.3 Å². The lowest BCUT2D eigenvalue weighted by atomic mass is 10.1. The van der Waals surface area contributed by atoms with E-state index in [1.165, 1.54) is 18.4 Å². The van der Waals surface area contributed by atoms with Crippen molar-refractivity contribution in [3.63, 3.8) is 0 Å². The number of unbranched alkanes of at least 4 members (excludes halogenated alkanes) is 1. The number of pyridine rings is 1. The van der Waals surface area contributed by atoms with Crippen molar-refractivity contribution in [2.75, 3.05) is 18.1 Å². The van der Waals surface area contributed by atoms with Crippen molar-refractivity contribution >= 4 is 17.3 Å². The average Bonchev–Trinajstić information content (AvgIpc) is 2.89. The predicted octanol–water partition coefficient (Wildman–Crippen LogP) is 2.54. The molecule has 3 rings (SSSR count). The van der Waals surface area contributed by atoms with Crippen molar-refractivity contribution in [2.45, 2.75) is 40.0 Å². The van der Waals surface area contributed by atoms with E-state index >= 15 is 0 Å². The van der Waals surface area contributed by atoms with Crippen LogP contribution in [0.2, 0.25) is 0 Å². The van der Waals surface area contributed by atoms with E-state index in [-0.39, 0.29) is 12.3 Å². The number of hydrogen-bond acceptors (Lipinski definition) is 6. The van der Waals surface area contributed by atoms with Crippen LogP contribution in [0.25, 0.3) is 0 Å². The van der Waals surface area contributed by atoms with Gasteiger partial charge in [-0.2, -0.15) is 15.3 Å². The molecule has 0 saturated carbocycles. The first kappa shape index (κ1) is 15.5. The molecule has 1 aromatic heterocycles. The molecule has 3 heterocycles. The molecule has 6 heteroatoms. The minimum absolute atomic E-state index is 0.0700. The van der Waals surface area contributed by atoms with Crippen LogP contribution in [0.3, 0.4) is 0 Å². The third kappa shape index (κ3) is 2.93. The number of allylic oxidation sites excluding steroid dienone is 1. The molecule has 0 aromatic carbocycles.